The number of hydrogen-bond acceptors (Lipinski definition) is 4. The van der Waals surface area contributed by atoms with Gasteiger partial charge in [0.1, 0.15) is 17.7 Å². The Morgan fingerprint density at radius 2 is 2.00 bits per heavy atom. The van der Waals surface area contributed by atoms with Crippen molar-refractivity contribution in [2.75, 3.05) is 31.1 Å². The molecule has 1 saturated heterocycles. The topological polar surface area (TPSA) is 43.2 Å². The summed E-state index contributed by atoms with van der Waals surface area (Å²) < 4.78 is 14.0. The lowest BCUT2D eigenvalue weighted by atomic mass is 10.2. The lowest BCUT2D eigenvalue weighted by molar-refractivity contribution is 0.249. The minimum Gasteiger partial charge on any atom is -0.353 e. The number of hydrogen-bond donors (Lipinski definition) is 0. The zero-order valence-corrected chi connectivity index (χ0v) is 14.1. The van der Waals surface area contributed by atoms with Gasteiger partial charge in [-0.15, -0.1) is 0 Å². The van der Waals surface area contributed by atoms with Crippen LogP contribution >= 0.6 is 15.9 Å². The van der Waals surface area contributed by atoms with Crippen LogP contribution in [-0.4, -0.2) is 36.1 Å². The summed E-state index contributed by atoms with van der Waals surface area (Å²) in [5, 5.41) is 9.19. The van der Waals surface area contributed by atoms with Crippen LogP contribution in [0, 0.1) is 17.1 Å². The van der Waals surface area contributed by atoms with Crippen molar-refractivity contribution >= 4 is 21.7 Å². The first kappa shape index (κ1) is 15.9. The molecule has 1 aromatic carbocycles. The van der Waals surface area contributed by atoms with Crippen molar-refractivity contribution in [3.8, 4) is 6.07 Å². The van der Waals surface area contributed by atoms with Gasteiger partial charge in [0, 0.05) is 43.4 Å². The molecule has 0 radical (unpaired) electrons. The molecule has 0 bridgehead atoms. The Morgan fingerprint density at radius 1 is 1.22 bits per heavy atom. The van der Waals surface area contributed by atoms with Crippen LogP contribution in [0.1, 0.15) is 11.1 Å². The van der Waals surface area contributed by atoms with E-state index in [1.54, 1.807) is 18.3 Å². The van der Waals surface area contributed by atoms with Crippen LogP contribution in [0.2, 0.25) is 0 Å². The molecule has 23 heavy (non-hydrogen) atoms. The van der Waals surface area contributed by atoms with E-state index in [1.807, 2.05) is 6.07 Å². The van der Waals surface area contributed by atoms with Crippen molar-refractivity contribution in [1.82, 2.24) is 9.88 Å². The second-order valence-corrected chi connectivity index (χ2v) is 6.34. The molecule has 3 rings (SSSR count). The van der Waals surface area contributed by atoms with E-state index in [1.165, 1.54) is 12.1 Å². The monoisotopic (exact) mass is 374 g/mol. The Hall–Kier alpha value is -1.97. The van der Waals surface area contributed by atoms with E-state index in [2.05, 4.69) is 36.8 Å². The van der Waals surface area contributed by atoms with Crippen LogP contribution in [0.4, 0.5) is 10.2 Å². The summed E-state index contributed by atoms with van der Waals surface area (Å²) in [7, 11) is 0. The van der Waals surface area contributed by atoms with Gasteiger partial charge in [0.15, 0.2) is 0 Å². The molecule has 0 saturated carbocycles. The van der Waals surface area contributed by atoms with Crippen molar-refractivity contribution in [2.45, 2.75) is 6.54 Å². The number of benzene rings is 1. The largest absolute Gasteiger partial charge is 0.353 e. The number of rotatable bonds is 3. The minimum absolute atomic E-state index is 0.232. The molecule has 1 aromatic heterocycles. The number of aromatic nitrogens is 1. The first-order chi connectivity index (χ1) is 11.2. The van der Waals surface area contributed by atoms with Crippen molar-refractivity contribution in [3.05, 3.63) is 57.9 Å². The standard InChI is InChI=1S/C17H16BrFN4/c18-16-10-15(19)4-3-14(16)12-22-6-8-23(9-7-22)17-13(11-20)2-1-5-21-17/h1-5,10H,6-9,12H2. The molecular formula is C17H16BrFN4. The van der Waals surface area contributed by atoms with E-state index >= 15 is 0 Å². The Morgan fingerprint density at radius 3 is 2.70 bits per heavy atom. The van der Waals surface area contributed by atoms with Crippen molar-refractivity contribution in [3.63, 3.8) is 0 Å². The number of nitriles is 1. The average molecular weight is 375 g/mol. The van der Waals surface area contributed by atoms with Crippen LogP contribution in [0.5, 0.6) is 0 Å². The zero-order chi connectivity index (χ0) is 16.2. The van der Waals surface area contributed by atoms with Crippen molar-refractivity contribution in [1.29, 1.82) is 5.26 Å². The quantitative estimate of drug-likeness (QED) is 0.827. The van der Waals surface area contributed by atoms with Gasteiger partial charge in [-0.1, -0.05) is 22.0 Å². The zero-order valence-electron chi connectivity index (χ0n) is 12.5. The molecule has 1 aliphatic heterocycles. The highest BCUT2D eigenvalue weighted by atomic mass is 79.9. The highest BCUT2D eigenvalue weighted by molar-refractivity contribution is 9.10. The smallest absolute Gasteiger partial charge is 0.146 e. The molecule has 0 atom stereocenters. The number of anilines is 1. The molecule has 1 fully saturated rings. The number of piperazine rings is 1. The molecule has 2 aromatic rings. The molecule has 0 N–H and O–H groups in total. The highest BCUT2D eigenvalue weighted by Crippen LogP contribution is 2.22. The van der Waals surface area contributed by atoms with Gasteiger partial charge < -0.3 is 4.90 Å². The molecular weight excluding hydrogens is 359 g/mol. The maximum Gasteiger partial charge on any atom is 0.146 e. The Bertz CT molecular complexity index is 736. The fraction of sp³-hybridized carbons (Fsp3) is 0.294. The van der Waals surface area contributed by atoms with E-state index in [-0.39, 0.29) is 5.82 Å². The first-order valence-corrected chi connectivity index (χ1v) is 8.23. The Balaban J connectivity index is 1.63. The lowest BCUT2D eigenvalue weighted by Crippen LogP contribution is -2.46. The van der Waals surface area contributed by atoms with Gasteiger partial charge in [-0.25, -0.2) is 9.37 Å². The molecule has 1 aliphatic rings. The normalized spacial score (nSPS) is 15.4. The van der Waals surface area contributed by atoms with Gasteiger partial charge in [-0.3, -0.25) is 4.90 Å². The average Bonchev–Trinajstić information content (AvgIpc) is 2.58. The Kier molecular flexibility index (Phi) is 4.89. The molecule has 0 aliphatic carbocycles. The van der Waals surface area contributed by atoms with Gasteiger partial charge in [-0.05, 0) is 29.8 Å². The second kappa shape index (κ2) is 7.07. The molecule has 0 unspecified atom stereocenters. The fourth-order valence-electron chi connectivity index (χ4n) is 2.74. The predicted octanol–water partition coefficient (Wildman–Crippen LogP) is 3.18. The summed E-state index contributed by atoms with van der Waals surface area (Å²) in [6.45, 7) is 4.19. The third-order valence-electron chi connectivity index (χ3n) is 3.99. The van der Waals surface area contributed by atoms with Gasteiger partial charge in [0.05, 0.1) is 5.56 Å². The summed E-state index contributed by atoms with van der Waals surface area (Å²) in [5.74, 6) is 0.530. The summed E-state index contributed by atoms with van der Waals surface area (Å²) in [5.41, 5.74) is 1.69. The van der Waals surface area contributed by atoms with Crippen LogP contribution < -0.4 is 4.90 Å². The number of pyridine rings is 1. The third-order valence-corrected chi connectivity index (χ3v) is 4.73. The lowest BCUT2D eigenvalue weighted by Gasteiger charge is -2.35. The van der Waals surface area contributed by atoms with Gasteiger partial charge in [0.2, 0.25) is 0 Å². The SMILES string of the molecule is N#Cc1cccnc1N1CCN(Cc2ccc(F)cc2Br)CC1. The van der Waals surface area contributed by atoms with E-state index < -0.39 is 0 Å². The molecule has 0 spiro atoms. The summed E-state index contributed by atoms with van der Waals surface area (Å²) in [6.07, 6.45) is 1.72. The van der Waals surface area contributed by atoms with E-state index in [4.69, 9.17) is 0 Å². The predicted molar refractivity (Wildman–Crippen MR) is 90.5 cm³/mol. The minimum atomic E-state index is -0.232. The molecule has 4 nitrogen and oxygen atoms in total. The maximum absolute atomic E-state index is 13.2. The molecule has 0 amide bonds. The van der Waals surface area contributed by atoms with E-state index in [0.717, 1.165) is 48.6 Å². The molecule has 6 heteroatoms. The van der Waals surface area contributed by atoms with Crippen molar-refractivity contribution < 1.29 is 4.39 Å². The fourth-order valence-corrected chi connectivity index (χ4v) is 3.22. The van der Waals surface area contributed by atoms with Crippen molar-refractivity contribution in [2.24, 2.45) is 0 Å². The van der Waals surface area contributed by atoms with Gasteiger partial charge >= 0.3 is 0 Å². The van der Waals surface area contributed by atoms with Crippen LogP contribution in [-0.2, 0) is 6.54 Å². The van der Waals surface area contributed by atoms with E-state index in [0.29, 0.717) is 5.56 Å². The highest BCUT2D eigenvalue weighted by Gasteiger charge is 2.20. The van der Waals surface area contributed by atoms with Crippen LogP contribution in [0.3, 0.4) is 0 Å². The number of halogens is 2. The first-order valence-electron chi connectivity index (χ1n) is 7.44. The molecule has 2 heterocycles. The third kappa shape index (κ3) is 3.69. The van der Waals surface area contributed by atoms with E-state index in [9.17, 15) is 9.65 Å². The van der Waals surface area contributed by atoms with Gasteiger partial charge in [0.25, 0.3) is 0 Å². The Labute approximate surface area is 143 Å². The summed E-state index contributed by atoms with van der Waals surface area (Å²) >= 11 is 3.42. The summed E-state index contributed by atoms with van der Waals surface area (Å²) in [4.78, 5) is 8.81. The van der Waals surface area contributed by atoms with Crippen LogP contribution in [0.15, 0.2) is 41.0 Å². The maximum atomic E-state index is 13.2. The number of nitrogens with zero attached hydrogens (tertiary/aromatic N) is 4. The van der Waals surface area contributed by atoms with Crippen LogP contribution in [0.25, 0.3) is 0 Å². The van der Waals surface area contributed by atoms with Gasteiger partial charge in [-0.2, -0.15) is 5.26 Å². The molecule has 118 valence electrons. The summed E-state index contributed by atoms with van der Waals surface area (Å²) in [6, 6.07) is 10.6. The second-order valence-electron chi connectivity index (χ2n) is 5.49.